The molecule has 0 fully saturated rings. The summed E-state index contributed by atoms with van der Waals surface area (Å²) in [4.78, 5) is 4.98. The Morgan fingerprint density at radius 3 is 2.92 bits per heavy atom. The Labute approximate surface area is 82.2 Å². The molecule has 3 nitrogen and oxygen atoms in total. The van der Waals surface area contributed by atoms with Gasteiger partial charge in [-0.05, 0) is 12.8 Å². The van der Waals surface area contributed by atoms with Crippen LogP contribution in [0.15, 0.2) is 0 Å². The lowest BCUT2D eigenvalue weighted by atomic mass is 10.2. The van der Waals surface area contributed by atoms with Crippen LogP contribution >= 0.6 is 11.3 Å². The molecule has 0 radical (unpaired) electrons. The van der Waals surface area contributed by atoms with E-state index in [1.165, 1.54) is 24.2 Å². The third-order valence-corrected chi connectivity index (χ3v) is 2.77. The lowest BCUT2D eigenvalue weighted by Crippen LogP contribution is -1.86. The van der Waals surface area contributed by atoms with Crippen molar-refractivity contribution in [1.82, 2.24) is 4.98 Å². The van der Waals surface area contributed by atoms with Crippen LogP contribution in [0.5, 0.6) is 0 Å². The van der Waals surface area contributed by atoms with Gasteiger partial charge in [0.2, 0.25) is 0 Å². The van der Waals surface area contributed by atoms with E-state index in [0.717, 1.165) is 17.7 Å². The van der Waals surface area contributed by atoms with Gasteiger partial charge in [0.05, 0.1) is 0 Å². The first-order chi connectivity index (χ1) is 6.27. The highest BCUT2D eigenvalue weighted by atomic mass is 32.1. The minimum atomic E-state index is 0.503. The Bertz CT molecular complexity index is 311. The van der Waals surface area contributed by atoms with E-state index in [0.29, 0.717) is 10.8 Å². The summed E-state index contributed by atoms with van der Waals surface area (Å²) in [5, 5.41) is 9.23. The summed E-state index contributed by atoms with van der Waals surface area (Å²) < 4.78 is 0. The fraction of sp³-hybridized carbons (Fsp3) is 0.556. The van der Waals surface area contributed by atoms with Crippen molar-refractivity contribution in [2.45, 2.75) is 32.6 Å². The average Bonchev–Trinajstić information content (AvgIpc) is 2.47. The summed E-state index contributed by atoms with van der Waals surface area (Å²) in [7, 11) is 0. The molecule has 4 heteroatoms. The van der Waals surface area contributed by atoms with Crippen LogP contribution in [0, 0.1) is 11.3 Å². The molecule has 0 unspecified atom stereocenters. The first-order valence-electron chi connectivity index (χ1n) is 4.43. The molecule has 0 aliphatic heterocycles. The zero-order chi connectivity index (χ0) is 9.68. The molecule has 1 heterocycles. The molecule has 0 aliphatic carbocycles. The van der Waals surface area contributed by atoms with E-state index in [2.05, 4.69) is 18.0 Å². The van der Waals surface area contributed by atoms with Gasteiger partial charge in [-0.2, -0.15) is 5.26 Å². The van der Waals surface area contributed by atoms with E-state index >= 15 is 0 Å². The fourth-order valence-corrected chi connectivity index (χ4v) is 1.99. The molecular formula is C9H13N3S. The molecule has 0 aromatic carbocycles. The number of nitriles is 1. The van der Waals surface area contributed by atoms with Gasteiger partial charge in [-0.1, -0.05) is 19.8 Å². The molecule has 0 atom stereocenters. The van der Waals surface area contributed by atoms with Crippen LogP contribution in [0.1, 0.15) is 36.8 Å². The molecule has 1 aromatic heterocycles. The zero-order valence-electron chi connectivity index (χ0n) is 7.71. The van der Waals surface area contributed by atoms with Crippen LogP contribution in [0.3, 0.4) is 0 Å². The summed E-state index contributed by atoms with van der Waals surface area (Å²) >= 11 is 1.43. The van der Waals surface area contributed by atoms with E-state index in [9.17, 15) is 0 Å². The molecule has 1 aromatic rings. The molecule has 70 valence electrons. The molecule has 0 aliphatic rings. The van der Waals surface area contributed by atoms with E-state index in [1.807, 2.05) is 0 Å². The maximum atomic E-state index is 8.73. The van der Waals surface area contributed by atoms with Crippen LogP contribution < -0.4 is 5.73 Å². The molecule has 0 saturated carbocycles. The number of anilines is 1. The first-order valence-corrected chi connectivity index (χ1v) is 5.24. The van der Waals surface area contributed by atoms with Crippen molar-refractivity contribution in [1.29, 1.82) is 5.26 Å². The Morgan fingerprint density at radius 1 is 1.54 bits per heavy atom. The van der Waals surface area contributed by atoms with E-state index in [1.54, 1.807) is 0 Å². The monoisotopic (exact) mass is 195 g/mol. The maximum absolute atomic E-state index is 8.73. The summed E-state index contributed by atoms with van der Waals surface area (Å²) in [5.41, 5.74) is 6.03. The maximum Gasteiger partial charge on any atom is 0.181 e. The normalized spacial score (nSPS) is 9.85. The number of hydrogen-bond acceptors (Lipinski definition) is 4. The summed E-state index contributed by atoms with van der Waals surface area (Å²) in [5.74, 6) is 0. The number of aromatic nitrogens is 1. The predicted molar refractivity (Wildman–Crippen MR) is 54.5 cm³/mol. The first kappa shape index (κ1) is 10.0. The minimum absolute atomic E-state index is 0.503. The van der Waals surface area contributed by atoms with Crippen LogP contribution in [0.4, 0.5) is 5.13 Å². The summed E-state index contributed by atoms with van der Waals surface area (Å²) in [6, 6.07) is 2.06. The van der Waals surface area contributed by atoms with Crippen molar-refractivity contribution in [3.05, 3.63) is 10.6 Å². The van der Waals surface area contributed by atoms with E-state index in [4.69, 9.17) is 11.0 Å². The third-order valence-electron chi connectivity index (χ3n) is 1.83. The number of nitrogens with zero attached hydrogens (tertiary/aromatic N) is 2. The van der Waals surface area contributed by atoms with Crippen LogP contribution in [0.25, 0.3) is 0 Å². The number of nitrogens with two attached hydrogens (primary N) is 1. The van der Waals surface area contributed by atoms with Crippen molar-refractivity contribution in [3.8, 4) is 6.07 Å². The van der Waals surface area contributed by atoms with Crippen molar-refractivity contribution >= 4 is 16.5 Å². The molecule has 2 N–H and O–H groups in total. The summed E-state index contributed by atoms with van der Waals surface area (Å²) in [6.07, 6.45) is 4.44. The fourth-order valence-electron chi connectivity index (χ4n) is 1.16. The molecular weight excluding hydrogens is 182 g/mol. The molecule has 13 heavy (non-hydrogen) atoms. The number of unbranched alkanes of at least 4 members (excludes halogenated alkanes) is 2. The molecule has 0 spiro atoms. The zero-order valence-corrected chi connectivity index (χ0v) is 8.52. The molecule has 0 saturated heterocycles. The summed E-state index contributed by atoms with van der Waals surface area (Å²) in [6.45, 7) is 2.16. The van der Waals surface area contributed by atoms with Gasteiger partial charge in [-0.15, -0.1) is 11.3 Å². The highest BCUT2D eigenvalue weighted by molar-refractivity contribution is 7.15. The Balaban J connectivity index is 2.60. The predicted octanol–water partition coefficient (Wildman–Crippen LogP) is 2.33. The molecule has 0 amide bonds. The second-order valence-electron chi connectivity index (χ2n) is 2.89. The average molecular weight is 195 g/mol. The van der Waals surface area contributed by atoms with E-state index < -0.39 is 0 Å². The largest absolute Gasteiger partial charge is 0.375 e. The minimum Gasteiger partial charge on any atom is -0.375 e. The van der Waals surface area contributed by atoms with Gasteiger partial charge in [0.15, 0.2) is 10.8 Å². The Hall–Kier alpha value is -1.08. The van der Waals surface area contributed by atoms with Crippen molar-refractivity contribution in [3.63, 3.8) is 0 Å². The number of hydrogen-bond donors (Lipinski definition) is 1. The molecule has 0 bridgehead atoms. The van der Waals surface area contributed by atoms with Crippen LogP contribution in [0.2, 0.25) is 0 Å². The standard InChI is InChI=1S/C9H13N3S/c1-2-3-4-5-8-7(6-10)12-9(11)13-8/h2-5H2,1H3,(H2,11,12). The highest BCUT2D eigenvalue weighted by Crippen LogP contribution is 2.21. The van der Waals surface area contributed by atoms with Gasteiger partial charge in [0.25, 0.3) is 0 Å². The third kappa shape index (κ3) is 2.71. The van der Waals surface area contributed by atoms with Gasteiger partial charge in [-0.25, -0.2) is 4.98 Å². The number of rotatable bonds is 4. The number of nitrogen functional groups attached to an aromatic ring is 1. The highest BCUT2D eigenvalue weighted by Gasteiger charge is 2.07. The lowest BCUT2D eigenvalue weighted by molar-refractivity contribution is 0.721. The van der Waals surface area contributed by atoms with Gasteiger partial charge in [-0.3, -0.25) is 0 Å². The number of aryl methyl sites for hydroxylation is 1. The second-order valence-corrected chi connectivity index (χ2v) is 4.01. The van der Waals surface area contributed by atoms with Gasteiger partial charge >= 0.3 is 0 Å². The van der Waals surface area contributed by atoms with Gasteiger partial charge in [0, 0.05) is 4.88 Å². The second kappa shape index (κ2) is 4.83. The molecule has 1 rings (SSSR count). The van der Waals surface area contributed by atoms with Crippen molar-refractivity contribution in [2.75, 3.05) is 5.73 Å². The quantitative estimate of drug-likeness (QED) is 0.750. The van der Waals surface area contributed by atoms with Crippen LogP contribution in [-0.4, -0.2) is 4.98 Å². The smallest absolute Gasteiger partial charge is 0.181 e. The Morgan fingerprint density at radius 2 is 2.31 bits per heavy atom. The topological polar surface area (TPSA) is 62.7 Å². The SMILES string of the molecule is CCCCCc1sc(N)nc1C#N. The van der Waals surface area contributed by atoms with Crippen molar-refractivity contribution < 1.29 is 0 Å². The lowest BCUT2D eigenvalue weighted by Gasteiger charge is -1.94. The Kier molecular flexibility index (Phi) is 3.71. The number of thiazole rings is 1. The van der Waals surface area contributed by atoms with Crippen LogP contribution in [-0.2, 0) is 6.42 Å². The van der Waals surface area contributed by atoms with Gasteiger partial charge < -0.3 is 5.73 Å². The van der Waals surface area contributed by atoms with E-state index in [-0.39, 0.29) is 0 Å². The van der Waals surface area contributed by atoms with Crippen molar-refractivity contribution in [2.24, 2.45) is 0 Å². The van der Waals surface area contributed by atoms with Gasteiger partial charge in [0.1, 0.15) is 6.07 Å².